The number of benzene rings is 1. The number of nitrogens with zero attached hydrogens (tertiary/aromatic N) is 6. The summed E-state index contributed by atoms with van der Waals surface area (Å²) in [7, 11) is 3.73. The van der Waals surface area contributed by atoms with Crippen molar-refractivity contribution in [1.82, 2.24) is 34.5 Å². The first kappa shape index (κ1) is 22.0. The number of aryl methyl sites for hydroxylation is 1. The SMILES string of the molecule is COc1ccc(-c2cc3c(=O)n(CC(=O)NCCN4CCN(C)CC4)nc(C)n3n2)cc1. The highest BCUT2D eigenvalue weighted by atomic mass is 16.5. The molecule has 0 spiro atoms. The van der Waals surface area contributed by atoms with Crippen molar-refractivity contribution in [2.75, 3.05) is 53.4 Å². The topological polar surface area (TPSA) is 97.0 Å². The minimum atomic E-state index is -0.350. The van der Waals surface area contributed by atoms with E-state index in [2.05, 4.69) is 32.4 Å². The van der Waals surface area contributed by atoms with Gasteiger partial charge in [0.15, 0.2) is 0 Å². The molecule has 10 nitrogen and oxygen atoms in total. The van der Waals surface area contributed by atoms with Crippen molar-refractivity contribution in [3.63, 3.8) is 0 Å². The highest BCUT2D eigenvalue weighted by Gasteiger charge is 2.16. The molecule has 0 atom stereocenters. The summed E-state index contributed by atoms with van der Waals surface area (Å²) in [5.41, 5.74) is 1.55. The lowest BCUT2D eigenvalue weighted by Crippen LogP contribution is -2.47. The van der Waals surface area contributed by atoms with E-state index in [-0.39, 0.29) is 18.0 Å². The quantitative estimate of drug-likeness (QED) is 0.563. The van der Waals surface area contributed by atoms with Crippen LogP contribution in [0.25, 0.3) is 16.8 Å². The number of carbonyl (C=O) groups excluding carboxylic acids is 1. The molecule has 2 aromatic heterocycles. The Kier molecular flexibility index (Phi) is 6.52. The standard InChI is InChI=1S/C22H29N7O3/c1-16-24-28(15-21(30)23-8-9-27-12-10-26(2)11-13-27)22(31)20-14-19(25-29(16)20)17-4-6-18(32-3)7-5-17/h4-7,14H,8-13,15H2,1-3H3,(H,23,30). The Hall–Kier alpha value is -3.24. The van der Waals surface area contributed by atoms with Crippen LogP contribution in [0.4, 0.5) is 0 Å². The molecule has 32 heavy (non-hydrogen) atoms. The van der Waals surface area contributed by atoms with Gasteiger partial charge in [0.2, 0.25) is 5.91 Å². The Morgan fingerprint density at radius 1 is 1.12 bits per heavy atom. The molecule has 1 fully saturated rings. The van der Waals surface area contributed by atoms with Crippen molar-refractivity contribution in [3.8, 4) is 17.0 Å². The fraction of sp³-hybridized carbons (Fsp3) is 0.455. The molecule has 1 aliphatic rings. The van der Waals surface area contributed by atoms with E-state index in [1.165, 1.54) is 9.20 Å². The van der Waals surface area contributed by atoms with Gasteiger partial charge in [-0.15, -0.1) is 0 Å². The maximum absolute atomic E-state index is 12.9. The van der Waals surface area contributed by atoms with Gasteiger partial charge in [-0.25, -0.2) is 9.20 Å². The number of methoxy groups -OCH3 is 1. The summed E-state index contributed by atoms with van der Waals surface area (Å²) in [6, 6.07) is 9.18. The first-order chi connectivity index (χ1) is 15.4. The smallest absolute Gasteiger partial charge is 0.293 e. The van der Waals surface area contributed by atoms with Crippen LogP contribution in [0.5, 0.6) is 5.75 Å². The van der Waals surface area contributed by atoms with Crippen LogP contribution < -0.4 is 15.6 Å². The lowest BCUT2D eigenvalue weighted by molar-refractivity contribution is -0.122. The number of nitrogens with one attached hydrogen (secondary N) is 1. The Bertz CT molecular complexity index is 1140. The maximum Gasteiger partial charge on any atom is 0.293 e. The van der Waals surface area contributed by atoms with Gasteiger partial charge in [-0.3, -0.25) is 14.5 Å². The van der Waals surface area contributed by atoms with Crippen LogP contribution in [0.15, 0.2) is 35.1 Å². The summed E-state index contributed by atoms with van der Waals surface area (Å²) in [6.45, 7) is 7.07. The molecule has 0 aliphatic carbocycles. The van der Waals surface area contributed by atoms with Crippen LogP contribution in [0, 0.1) is 6.92 Å². The minimum absolute atomic E-state index is 0.123. The molecule has 0 unspecified atom stereocenters. The molecular weight excluding hydrogens is 410 g/mol. The number of hydrogen-bond donors (Lipinski definition) is 1. The minimum Gasteiger partial charge on any atom is -0.497 e. The van der Waals surface area contributed by atoms with Crippen molar-refractivity contribution in [2.24, 2.45) is 0 Å². The number of piperazine rings is 1. The van der Waals surface area contributed by atoms with Crippen LogP contribution in [-0.2, 0) is 11.3 Å². The van der Waals surface area contributed by atoms with Crippen LogP contribution in [0.2, 0.25) is 0 Å². The Morgan fingerprint density at radius 3 is 2.53 bits per heavy atom. The number of amides is 1. The summed E-state index contributed by atoms with van der Waals surface area (Å²) in [5, 5.41) is 11.7. The third-order valence-electron chi connectivity index (χ3n) is 5.76. The van der Waals surface area contributed by atoms with E-state index in [1.54, 1.807) is 20.1 Å². The van der Waals surface area contributed by atoms with Gasteiger partial charge < -0.3 is 15.0 Å². The molecule has 170 valence electrons. The normalized spacial score (nSPS) is 15.2. The average Bonchev–Trinajstić information content (AvgIpc) is 3.25. The molecule has 3 heterocycles. The third-order valence-corrected chi connectivity index (χ3v) is 5.76. The molecule has 1 aromatic carbocycles. The monoisotopic (exact) mass is 439 g/mol. The lowest BCUT2D eigenvalue weighted by Gasteiger charge is -2.32. The van der Waals surface area contributed by atoms with Crippen LogP contribution in [0.3, 0.4) is 0 Å². The lowest BCUT2D eigenvalue weighted by atomic mass is 10.1. The van der Waals surface area contributed by atoms with Gasteiger partial charge in [-0.05, 0) is 44.3 Å². The first-order valence-corrected chi connectivity index (χ1v) is 10.7. The van der Waals surface area contributed by atoms with Gasteiger partial charge in [0.05, 0.1) is 12.8 Å². The first-order valence-electron chi connectivity index (χ1n) is 10.7. The second-order valence-electron chi connectivity index (χ2n) is 8.06. The molecular formula is C22H29N7O3. The van der Waals surface area contributed by atoms with Crippen molar-refractivity contribution in [3.05, 3.63) is 46.5 Å². The maximum atomic E-state index is 12.9. The highest BCUT2D eigenvalue weighted by molar-refractivity contribution is 5.75. The zero-order chi connectivity index (χ0) is 22.7. The molecule has 1 aliphatic heterocycles. The zero-order valence-corrected chi connectivity index (χ0v) is 18.7. The molecule has 10 heteroatoms. The average molecular weight is 440 g/mol. The number of likely N-dealkylation sites (N-methyl/N-ethyl adjacent to an activating group) is 1. The van der Waals surface area contributed by atoms with Crippen LogP contribution >= 0.6 is 0 Å². The van der Waals surface area contributed by atoms with Crippen molar-refractivity contribution in [2.45, 2.75) is 13.5 Å². The summed E-state index contributed by atoms with van der Waals surface area (Å²) < 4.78 is 7.91. The fourth-order valence-corrected chi connectivity index (χ4v) is 3.80. The van der Waals surface area contributed by atoms with Gasteiger partial charge in [0, 0.05) is 44.8 Å². The summed E-state index contributed by atoms with van der Waals surface area (Å²) in [6.07, 6.45) is 0. The van der Waals surface area contributed by atoms with Crippen LogP contribution in [-0.4, -0.2) is 88.5 Å². The zero-order valence-electron chi connectivity index (χ0n) is 18.7. The van der Waals surface area contributed by atoms with Crippen molar-refractivity contribution in [1.29, 1.82) is 0 Å². The number of carbonyl (C=O) groups is 1. The van der Waals surface area contributed by atoms with Crippen molar-refractivity contribution < 1.29 is 9.53 Å². The van der Waals surface area contributed by atoms with Gasteiger partial charge in [-0.1, -0.05) is 0 Å². The van der Waals surface area contributed by atoms with E-state index in [0.29, 0.717) is 23.6 Å². The van der Waals surface area contributed by atoms with Crippen molar-refractivity contribution >= 4 is 11.4 Å². The molecule has 4 rings (SSSR count). The Morgan fingerprint density at radius 2 is 1.84 bits per heavy atom. The number of rotatable bonds is 7. The predicted octanol–water partition coefficient (Wildman–Crippen LogP) is 0.239. The number of fused-ring (bicyclic) bond motifs is 1. The summed E-state index contributed by atoms with van der Waals surface area (Å²) in [4.78, 5) is 30.0. The predicted molar refractivity (Wildman–Crippen MR) is 121 cm³/mol. The fourth-order valence-electron chi connectivity index (χ4n) is 3.80. The van der Waals surface area contributed by atoms with E-state index < -0.39 is 0 Å². The Labute approximate surface area is 186 Å². The second-order valence-corrected chi connectivity index (χ2v) is 8.06. The van der Waals surface area contributed by atoms with Crippen LogP contribution in [0.1, 0.15) is 5.82 Å². The summed E-state index contributed by atoms with van der Waals surface area (Å²) >= 11 is 0. The van der Waals surface area contributed by atoms with E-state index in [4.69, 9.17) is 4.74 Å². The molecule has 0 radical (unpaired) electrons. The molecule has 0 bridgehead atoms. The molecule has 1 amide bonds. The van der Waals surface area contributed by atoms with E-state index in [0.717, 1.165) is 44.0 Å². The van der Waals surface area contributed by atoms with E-state index in [9.17, 15) is 9.59 Å². The van der Waals surface area contributed by atoms with E-state index >= 15 is 0 Å². The van der Waals surface area contributed by atoms with Gasteiger partial charge in [0.1, 0.15) is 23.6 Å². The number of hydrogen-bond acceptors (Lipinski definition) is 7. The molecule has 1 saturated heterocycles. The number of ether oxygens (including phenoxy) is 1. The van der Waals surface area contributed by atoms with Gasteiger partial charge in [0.25, 0.3) is 5.56 Å². The highest BCUT2D eigenvalue weighted by Crippen LogP contribution is 2.21. The molecule has 1 N–H and O–H groups in total. The second kappa shape index (κ2) is 9.49. The third kappa shape index (κ3) is 4.81. The number of aromatic nitrogens is 4. The summed E-state index contributed by atoms with van der Waals surface area (Å²) in [5.74, 6) is 1.05. The Balaban J connectivity index is 1.44. The molecule has 0 saturated carbocycles. The van der Waals surface area contributed by atoms with E-state index in [1.807, 2.05) is 24.3 Å². The molecule has 3 aromatic rings. The largest absolute Gasteiger partial charge is 0.497 e. The van der Waals surface area contributed by atoms with Gasteiger partial charge in [-0.2, -0.15) is 10.2 Å². The van der Waals surface area contributed by atoms with Gasteiger partial charge >= 0.3 is 0 Å².